The Morgan fingerprint density at radius 3 is 2.34 bits per heavy atom. The van der Waals surface area contributed by atoms with Crippen LogP contribution in [-0.2, 0) is 4.79 Å². The van der Waals surface area contributed by atoms with E-state index in [1.54, 1.807) is 36.3 Å². The van der Waals surface area contributed by atoms with Gasteiger partial charge in [-0.3, -0.25) is 4.79 Å². The van der Waals surface area contributed by atoms with Crippen LogP contribution in [0.2, 0.25) is 19.6 Å². The van der Waals surface area contributed by atoms with Crippen LogP contribution in [0.4, 0.5) is 10.5 Å². The predicted octanol–water partition coefficient (Wildman–Crippen LogP) is 3.09. The molecule has 2 atom stereocenters. The summed E-state index contributed by atoms with van der Waals surface area (Å²) in [4.78, 5) is 27.8. The Morgan fingerprint density at radius 1 is 1.12 bits per heavy atom. The van der Waals surface area contributed by atoms with Crippen LogP contribution in [0.15, 0.2) is 48.5 Å². The van der Waals surface area contributed by atoms with Gasteiger partial charge in [0.25, 0.3) is 5.91 Å². The molecule has 0 saturated carbocycles. The van der Waals surface area contributed by atoms with Crippen LogP contribution in [0.5, 0.6) is 5.75 Å². The number of amides is 3. The number of hydrogen-bond acceptors (Lipinski definition) is 4. The molecular formula is C24H33N3O4Si. The monoisotopic (exact) mass is 455 g/mol. The molecule has 0 spiro atoms. The Balaban J connectivity index is 1.80. The number of methoxy groups -OCH3 is 1. The van der Waals surface area contributed by atoms with Crippen LogP contribution >= 0.6 is 0 Å². The predicted molar refractivity (Wildman–Crippen MR) is 129 cm³/mol. The number of nitrogens with one attached hydrogen (secondary N) is 2. The second-order valence-corrected chi connectivity index (χ2v) is 14.2. The summed E-state index contributed by atoms with van der Waals surface area (Å²) in [7, 11) is 0.142. The standard InChI is InChI=1S/C24H33N3O4Si/c1-31-20-11-7-17(8-12-20)22(26-24(30)27-15-5-6-19(27)16-28)23(29)25-18-9-13-21(14-10-18)32(2,3)4/h7-14,19,22,28H,5-6,15-16H2,1-4H3,(H,25,29)(H,26,30). The quantitative estimate of drug-likeness (QED) is 0.560. The van der Waals surface area contributed by atoms with Crippen molar-refractivity contribution in [3.63, 3.8) is 0 Å². The van der Waals surface area contributed by atoms with E-state index in [-0.39, 0.29) is 24.6 Å². The zero-order valence-electron chi connectivity index (χ0n) is 19.2. The Labute approximate surface area is 190 Å². The molecule has 8 heteroatoms. The third-order valence-corrected chi connectivity index (χ3v) is 7.91. The second-order valence-electron chi connectivity index (χ2n) is 9.14. The number of ether oxygens (including phenoxy) is 1. The lowest BCUT2D eigenvalue weighted by atomic mass is 10.1. The highest BCUT2D eigenvalue weighted by Crippen LogP contribution is 2.22. The zero-order valence-corrected chi connectivity index (χ0v) is 20.2. The SMILES string of the molecule is COc1ccc(C(NC(=O)N2CCCC2CO)C(=O)Nc2ccc([Si](C)(C)C)cc2)cc1. The molecule has 1 fully saturated rings. The van der Waals surface area contributed by atoms with Gasteiger partial charge in [-0.05, 0) is 42.7 Å². The first-order valence-electron chi connectivity index (χ1n) is 11.0. The molecule has 0 aliphatic carbocycles. The fraction of sp³-hybridized carbons (Fsp3) is 0.417. The number of carbonyl (C=O) groups excluding carboxylic acids is 2. The molecule has 3 rings (SSSR count). The molecule has 0 aromatic heterocycles. The number of aliphatic hydroxyl groups is 1. The van der Waals surface area contributed by atoms with Crippen LogP contribution < -0.4 is 20.6 Å². The normalized spacial score (nSPS) is 17.0. The fourth-order valence-corrected chi connectivity index (χ4v) is 5.03. The van der Waals surface area contributed by atoms with E-state index in [1.807, 2.05) is 12.1 Å². The Hall–Kier alpha value is -2.84. The minimum atomic E-state index is -1.43. The molecule has 3 amide bonds. The smallest absolute Gasteiger partial charge is 0.318 e. The molecule has 32 heavy (non-hydrogen) atoms. The third-order valence-electron chi connectivity index (χ3n) is 5.85. The minimum absolute atomic E-state index is 0.0870. The number of anilines is 1. The van der Waals surface area contributed by atoms with Crippen molar-refractivity contribution in [2.45, 2.75) is 44.6 Å². The van der Waals surface area contributed by atoms with Crippen molar-refractivity contribution in [1.82, 2.24) is 10.2 Å². The van der Waals surface area contributed by atoms with Crippen molar-refractivity contribution in [3.05, 3.63) is 54.1 Å². The van der Waals surface area contributed by atoms with Crippen LogP contribution in [-0.4, -0.2) is 56.3 Å². The average molecular weight is 456 g/mol. The molecule has 3 N–H and O–H groups in total. The number of rotatable bonds is 7. The van der Waals surface area contributed by atoms with Crippen LogP contribution in [0.3, 0.4) is 0 Å². The highest BCUT2D eigenvalue weighted by Gasteiger charge is 2.31. The van der Waals surface area contributed by atoms with Gasteiger partial charge in [0, 0.05) is 12.2 Å². The van der Waals surface area contributed by atoms with E-state index in [2.05, 4.69) is 42.4 Å². The van der Waals surface area contributed by atoms with Gasteiger partial charge in [0.05, 0.1) is 27.8 Å². The van der Waals surface area contributed by atoms with Crippen molar-refractivity contribution in [2.75, 3.05) is 25.6 Å². The summed E-state index contributed by atoms with van der Waals surface area (Å²) in [5.74, 6) is 0.338. The van der Waals surface area contributed by atoms with E-state index in [0.29, 0.717) is 23.5 Å². The molecule has 7 nitrogen and oxygen atoms in total. The molecule has 0 bridgehead atoms. The van der Waals surface area contributed by atoms with E-state index in [9.17, 15) is 14.7 Å². The Morgan fingerprint density at radius 2 is 1.78 bits per heavy atom. The largest absolute Gasteiger partial charge is 0.497 e. The van der Waals surface area contributed by atoms with Crippen LogP contribution in [0, 0.1) is 0 Å². The molecule has 2 aromatic carbocycles. The lowest BCUT2D eigenvalue weighted by molar-refractivity contribution is -0.118. The van der Waals surface area contributed by atoms with Crippen molar-refractivity contribution in [1.29, 1.82) is 0 Å². The van der Waals surface area contributed by atoms with Gasteiger partial charge in [0.2, 0.25) is 0 Å². The summed E-state index contributed by atoms with van der Waals surface area (Å²) < 4.78 is 5.21. The van der Waals surface area contributed by atoms with E-state index in [4.69, 9.17) is 4.74 Å². The number of likely N-dealkylation sites (tertiary alicyclic amines) is 1. The fourth-order valence-electron chi connectivity index (χ4n) is 3.86. The average Bonchev–Trinajstić information content (AvgIpc) is 3.26. The van der Waals surface area contributed by atoms with Gasteiger partial charge >= 0.3 is 6.03 Å². The van der Waals surface area contributed by atoms with Crippen molar-refractivity contribution in [2.24, 2.45) is 0 Å². The van der Waals surface area contributed by atoms with Gasteiger partial charge < -0.3 is 25.4 Å². The lowest BCUT2D eigenvalue weighted by Crippen LogP contribution is -2.47. The second kappa shape index (κ2) is 10.2. The maximum Gasteiger partial charge on any atom is 0.318 e. The molecule has 1 aliphatic rings. The van der Waals surface area contributed by atoms with Gasteiger partial charge in [0.15, 0.2) is 0 Å². The molecule has 2 aromatic rings. The third kappa shape index (κ3) is 5.69. The van der Waals surface area contributed by atoms with Gasteiger partial charge in [-0.25, -0.2) is 4.79 Å². The molecule has 0 radical (unpaired) electrons. The first-order chi connectivity index (χ1) is 15.2. The van der Waals surface area contributed by atoms with E-state index in [0.717, 1.165) is 12.8 Å². The number of benzene rings is 2. The van der Waals surface area contributed by atoms with Crippen molar-refractivity contribution < 1.29 is 19.4 Å². The first kappa shape index (κ1) is 23.8. The topological polar surface area (TPSA) is 90.9 Å². The van der Waals surface area contributed by atoms with E-state index < -0.39 is 14.1 Å². The van der Waals surface area contributed by atoms with Gasteiger partial charge in [-0.15, -0.1) is 0 Å². The minimum Gasteiger partial charge on any atom is -0.497 e. The van der Waals surface area contributed by atoms with Crippen LogP contribution in [0.25, 0.3) is 0 Å². The summed E-state index contributed by atoms with van der Waals surface area (Å²) in [5.41, 5.74) is 1.33. The molecule has 1 saturated heterocycles. The zero-order chi connectivity index (χ0) is 23.3. The Kier molecular flexibility index (Phi) is 7.58. The van der Waals surface area contributed by atoms with Gasteiger partial charge in [-0.1, -0.05) is 49.1 Å². The number of urea groups is 1. The van der Waals surface area contributed by atoms with Crippen LogP contribution in [0.1, 0.15) is 24.4 Å². The summed E-state index contributed by atoms with van der Waals surface area (Å²) in [6.07, 6.45) is 1.59. The van der Waals surface area contributed by atoms with E-state index in [1.165, 1.54) is 5.19 Å². The molecule has 172 valence electrons. The number of hydrogen-bond donors (Lipinski definition) is 3. The molecular weight excluding hydrogens is 422 g/mol. The maximum absolute atomic E-state index is 13.2. The Bertz CT molecular complexity index is 926. The number of nitrogens with zero attached hydrogens (tertiary/aromatic N) is 1. The summed E-state index contributed by atoms with van der Waals surface area (Å²) in [6.45, 7) is 7.29. The summed E-state index contributed by atoms with van der Waals surface area (Å²) in [5, 5.41) is 16.7. The summed E-state index contributed by atoms with van der Waals surface area (Å²) >= 11 is 0. The highest BCUT2D eigenvalue weighted by atomic mass is 28.3. The lowest BCUT2D eigenvalue weighted by Gasteiger charge is -2.27. The number of carbonyl (C=O) groups is 2. The summed E-state index contributed by atoms with van der Waals surface area (Å²) in [6, 6.07) is 13.5. The maximum atomic E-state index is 13.2. The van der Waals surface area contributed by atoms with Gasteiger partial charge in [-0.2, -0.15) is 0 Å². The van der Waals surface area contributed by atoms with Crippen molar-refractivity contribution >= 4 is 30.9 Å². The molecule has 2 unspecified atom stereocenters. The van der Waals surface area contributed by atoms with Crippen molar-refractivity contribution in [3.8, 4) is 5.75 Å². The first-order valence-corrected chi connectivity index (χ1v) is 14.5. The highest BCUT2D eigenvalue weighted by molar-refractivity contribution is 6.88. The molecule has 1 aliphatic heterocycles. The van der Waals surface area contributed by atoms with Gasteiger partial charge in [0.1, 0.15) is 11.8 Å². The van der Waals surface area contributed by atoms with E-state index >= 15 is 0 Å². The molecule has 1 heterocycles. The number of aliphatic hydroxyl groups excluding tert-OH is 1.